The number of nitrogens with one attached hydrogen (secondary N) is 1. The Hall–Kier alpha value is -1.61. The van der Waals surface area contributed by atoms with E-state index in [1.165, 1.54) is 29.7 Å². The van der Waals surface area contributed by atoms with Crippen LogP contribution in [0, 0.1) is 0 Å². The number of aryl methyl sites for hydroxylation is 1. The molecule has 106 valence electrons. The highest BCUT2D eigenvalue weighted by atomic mass is 15.0. The fraction of sp³-hybridized carbons (Fsp3) is 0.471. The minimum Gasteiger partial charge on any atom is -0.330 e. The molecule has 3 heteroatoms. The van der Waals surface area contributed by atoms with Crippen LogP contribution in [0.15, 0.2) is 36.8 Å². The molecular formula is C17H23N3. The Morgan fingerprint density at radius 1 is 1.20 bits per heavy atom. The fourth-order valence-electron chi connectivity index (χ4n) is 3.16. The smallest absolute Gasteiger partial charge is 0.0951 e. The summed E-state index contributed by atoms with van der Waals surface area (Å²) in [6.45, 7) is 5.42. The molecule has 0 spiro atoms. The summed E-state index contributed by atoms with van der Waals surface area (Å²) in [5, 5.41) is 3.43. The lowest BCUT2D eigenvalue weighted by molar-refractivity contribution is 0.442. The average Bonchev–Trinajstić information content (AvgIpc) is 2.97. The molecule has 2 heterocycles. The zero-order valence-electron chi connectivity index (χ0n) is 12.2. The van der Waals surface area contributed by atoms with Crippen LogP contribution < -0.4 is 5.32 Å². The van der Waals surface area contributed by atoms with Gasteiger partial charge >= 0.3 is 0 Å². The molecule has 20 heavy (non-hydrogen) atoms. The van der Waals surface area contributed by atoms with Gasteiger partial charge in [-0.05, 0) is 43.5 Å². The van der Waals surface area contributed by atoms with E-state index in [9.17, 15) is 0 Å². The van der Waals surface area contributed by atoms with Gasteiger partial charge < -0.3 is 9.88 Å². The summed E-state index contributed by atoms with van der Waals surface area (Å²) in [4.78, 5) is 4.39. The van der Waals surface area contributed by atoms with Gasteiger partial charge in [0.15, 0.2) is 0 Å². The molecule has 1 saturated heterocycles. The van der Waals surface area contributed by atoms with Crippen LogP contribution in [0.1, 0.15) is 42.5 Å². The minimum absolute atomic E-state index is 0.660. The Morgan fingerprint density at radius 2 is 1.95 bits per heavy atom. The maximum atomic E-state index is 4.39. The summed E-state index contributed by atoms with van der Waals surface area (Å²) in [6, 6.07) is 8.74. The van der Waals surface area contributed by atoms with Gasteiger partial charge in [-0.25, -0.2) is 4.98 Å². The van der Waals surface area contributed by atoms with Crippen LogP contribution in [0.25, 0.3) is 0 Å². The van der Waals surface area contributed by atoms with Gasteiger partial charge in [-0.2, -0.15) is 0 Å². The minimum atomic E-state index is 0.660. The first-order valence-electron chi connectivity index (χ1n) is 7.66. The lowest BCUT2D eigenvalue weighted by Crippen LogP contribution is -2.27. The molecule has 1 aliphatic rings. The van der Waals surface area contributed by atoms with E-state index in [-0.39, 0.29) is 0 Å². The van der Waals surface area contributed by atoms with Crippen molar-refractivity contribution in [3.63, 3.8) is 0 Å². The van der Waals surface area contributed by atoms with Gasteiger partial charge in [0.05, 0.1) is 6.33 Å². The molecule has 1 N–H and O–H groups in total. The number of imidazole rings is 1. The molecule has 0 saturated carbocycles. The van der Waals surface area contributed by atoms with Crippen molar-refractivity contribution in [1.29, 1.82) is 0 Å². The van der Waals surface area contributed by atoms with Crippen LogP contribution in [-0.4, -0.2) is 22.6 Å². The van der Waals surface area contributed by atoms with Crippen molar-refractivity contribution in [2.24, 2.45) is 0 Å². The molecule has 2 aromatic rings. The maximum Gasteiger partial charge on any atom is 0.0951 e. The molecule has 1 aliphatic heterocycles. The van der Waals surface area contributed by atoms with E-state index in [0.717, 1.165) is 26.1 Å². The van der Waals surface area contributed by atoms with Crippen molar-refractivity contribution in [2.75, 3.05) is 13.1 Å². The van der Waals surface area contributed by atoms with Crippen LogP contribution in [0.2, 0.25) is 0 Å². The third-order valence-corrected chi connectivity index (χ3v) is 4.34. The van der Waals surface area contributed by atoms with Crippen LogP contribution in [0.4, 0.5) is 0 Å². The average molecular weight is 269 g/mol. The molecule has 0 atom stereocenters. The summed E-state index contributed by atoms with van der Waals surface area (Å²) in [7, 11) is 0. The Morgan fingerprint density at radius 3 is 2.70 bits per heavy atom. The van der Waals surface area contributed by atoms with Gasteiger partial charge in [0, 0.05) is 24.4 Å². The second-order valence-electron chi connectivity index (χ2n) is 5.59. The first-order valence-corrected chi connectivity index (χ1v) is 7.66. The van der Waals surface area contributed by atoms with Gasteiger partial charge in [0.25, 0.3) is 0 Å². The lowest BCUT2D eigenvalue weighted by Gasteiger charge is -2.24. The van der Waals surface area contributed by atoms with Gasteiger partial charge in [-0.1, -0.05) is 31.2 Å². The Balaban J connectivity index is 1.82. The summed E-state index contributed by atoms with van der Waals surface area (Å²) in [5.74, 6) is 0.660. The molecule has 0 bridgehead atoms. The predicted molar refractivity (Wildman–Crippen MR) is 82.0 cm³/mol. The molecule has 1 aromatic heterocycles. The summed E-state index contributed by atoms with van der Waals surface area (Å²) < 4.78 is 2.34. The van der Waals surface area contributed by atoms with Crippen molar-refractivity contribution in [1.82, 2.24) is 14.9 Å². The number of hydrogen-bond donors (Lipinski definition) is 1. The van der Waals surface area contributed by atoms with Crippen molar-refractivity contribution in [3.8, 4) is 0 Å². The van der Waals surface area contributed by atoms with Crippen molar-refractivity contribution in [3.05, 3.63) is 53.6 Å². The van der Waals surface area contributed by atoms with E-state index in [2.05, 4.69) is 52.3 Å². The van der Waals surface area contributed by atoms with Gasteiger partial charge in [-0.3, -0.25) is 0 Å². The Bertz CT molecular complexity index is 553. The molecule has 0 amide bonds. The summed E-state index contributed by atoms with van der Waals surface area (Å²) >= 11 is 0. The molecule has 1 fully saturated rings. The molecular weight excluding hydrogens is 246 g/mol. The second kappa shape index (κ2) is 6.23. The normalized spacial score (nSPS) is 16.4. The number of piperidine rings is 1. The lowest BCUT2D eigenvalue weighted by atomic mass is 9.94. The predicted octanol–water partition coefficient (Wildman–Crippen LogP) is 2.96. The highest BCUT2D eigenvalue weighted by molar-refractivity contribution is 5.28. The van der Waals surface area contributed by atoms with Gasteiger partial charge in [0.2, 0.25) is 0 Å². The van der Waals surface area contributed by atoms with E-state index in [0.29, 0.717) is 5.92 Å². The SMILES string of the molecule is CCc1ccccc1Cn1cncc1C1CCNCC1. The van der Waals surface area contributed by atoms with Gasteiger partial charge in [0.1, 0.15) is 0 Å². The Labute approximate surface area is 121 Å². The number of aromatic nitrogens is 2. The fourth-order valence-corrected chi connectivity index (χ4v) is 3.16. The number of nitrogens with zero attached hydrogens (tertiary/aromatic N) is 2. The van der Waals surface area contributed by atoms with Crippen LogP contribution >= 0.6 is 0 Å². The van der Waals surface area contributed by atoms with Crippen LogP contribution in [0.5, 0.6) is 0 Å². The van der Waals surface area contributed by atoms with E-state index >= 15 is 0 Å². The standard InChI is InChI=1S/C17H23N3/c1-2-14-5-3-4-6-16(14)12-20-13-19-11-17(20)15-7-9-18-10-8-15/h3-6,11,13,15,18H,2,7-10,12H2,1H3. The highest BCUT2D eigenvalue weighted by Gasteiger charge is 2.19. The van der Waals surface area contributed by atoms with Crippen molar-refractivity contribution >= 4 is 0 Å². The molecule has 0 radical (unpaired) electrons. The summed E-state index contributed by atoms with van der Waals surface area (Å²) in [6.07, 6.45) is 7.59. The molecule has 3 rings (SSSR count). The number of rotatable bonds is 4. The highest BCUT2D eigenvalue weighted by Crippen LogP contribution is 2.25. The molecule has 0 unspecified atom stereocenters. The maximum absolute atomic E-state index is 4.39. The van der Waals surface area contributed by atoms with Gasteiger partial charge in [-0.15, -0.1) is 0 Å². The Kier molecular flexibility index (Phi) is 4.16. The summed E-state index contributed by atoms with van der Waals surface area (Å²) in [5.41, 5.74) is 4.26. The first kappa shape index (κ1) is 13.4. The quantitative estimate of drug-likeness (QED) is 0.925. The van der Waals surface area contributed by atoms with E-state index < -0.39 is 0 Å². The van der Waals surface area contributed by atoms with Crippen LogP contribution in [0.3, 0.4) is 0 Å². The molecule has 1 aromatic carbocycles. The van der Waals surface area contributed by atoms with E-state index in [1.54, 1.807) is 0 Å². The third-order valence-electron chi connectivity index (χ3n) is 4.34. The first-order chi connectivity index (χ1) is 9.88. The van der Waals surface area contributed by atoms with Crippen molar-refractivity contribution in [2.45, 2.75) is 38.6 Å². The third kappa shape index (κ3) is 2.78. The van der Waals surface area contributed by atoms with Crippen LogP contribution in [-0.2, 0) is 13.0 Å². The molecule has 0 aliphatic carbocycles. The topological polar surface area (TPSA) is 29.9 Å². The zero-order valence-corrected chi connectivity index (χ0v) is 12.2. The van der Waals surface area contributed by atoms with E-state index in [1.807, 2.05) is 6.33 Å². The zero-order chi connectivity index (χ0) is 13.8. The molecule has 3 nitrogen and oxygen atoms in total. The largest absolute Gasteiger partial charge is 0.330 e. The number of benzene rings is 1. The van der Waals surface area contributed by atoms with Crippen molar-refractivity contribution < 1.29 is 0 Å². The monoisotopic (exact) mass is 269 g/mol. The van der Waals surface area contributed by atoms with E-state index in [4.69, 9.17) is 0 Å². The number of hydrogen-bond acceptors (Lipinski definition) is 2. The second-order valence-corrected chi connectivity index (χ2v) is 5.59.